The molecule has 2 rings (SSSR count). The fourth-order valence-corrected chi connectivity index (χ4v) is 3.07. The number of nitrogens with one attached hydrogen (secondary N) is 1. The fourth-order valence-electron chi connectivity index (χ4n) is 3.07. The van der Waals surface area contributed by atoms with Gasteiger partial charge < -0.3 is 4.90 Å². The highest BCUT2D eigenvalue weighted by Gasteiger charge is 2.50. The summed E-state index contributed by atoms with van der Waals surface area (Å²) in [6, 6.07) is 7.38. The van der Waals surface area contributed by atoms with Crippen molar-refractivity contribution in [2.24, 2.45) is 0 Å². The smallest absolute Gasteiger partial charge is 0.255 e. The monoisotopic (exact) mass is 302 g/mol. The van der Waals surface area contributed by atoms with Gasteiger partial charge in [0.05, 0.1) is 5.69 Å². The van der Waals surface area contributed by atoms with Crippen LogP contribution in [0.1, 0.15) is 56.3 Å². The number of fused-ring (bicyclic) bond motifs is 1. The van der Waals surface area contributed by atoms with Crippen LogP contribution in [0.3, 0.4) is 0 Å². The highest BCUT2D eigenvalue weighted by atomic mass is 16.2. The molecule has 1 aliphatic rings. The second-order valence-corrected chi connectivity index (χ2v) is 6.00. The molecule has 1 aromatic rings. The van der Waals surface area contributed by atoms with Crippen LogP contribution in [-0.2, 0) is 4.79 Å². The van der Waals surface area contributed by atoms with E-state index in [0.717, 1.165) is 25.7 Å². The highest BCUT2D eigenvalue weighted by molar-refractivity contribution is 6.27. The molecule has 1 aliphatic heterocycles. The number of likely N-dealkylation sites (N-methyl/N-ethyl adjacent to an activating group) is 1. The van der Waals surface area contributed by atoms with Gasteiger partial charge in [-0.1, -0.05) is 45.2 Å². The molecule has 0 fully saturated rings. The Morgan fingerprint density at radius 3 is 2.45 bits per heavy atom. The van der Waals surface area contributed by atoms with Crippen molar-refractivity contribution in [2.75, 3.05) is 18.5 Å². The predicted octanol–water partition coefficient (Wildman–Crippen LogP) is 3.16. The van der Waals surface area contributed by atoms with E-state index in [1.807, 2.05) is 24.3 Å². The third-order valence-electron chi connectivity index (χ3n) is 4.43. The second kappa shape index (κ2) is 7.05. The molecule has 1 atom stereocenters. The molecule has 1 N–H and O–H groups in total. The number of anilines is 1. The van der Waals surface area contributed by atoms with E-state index >= 15 is 0 Å². The maximum absolute atomic E-state index is 13.1. The quantitative estimate of drug-likeness (QED) is 0.622. The second-order valence-electron chi connectivity index (χ2n) is 6.00. The topological polar surface area (TPSA) is 49.4 Å². The minimum absolute atomic E-state index is 0.0734. The van der Waals surface area contributed by atoms with Crippen molar-refractivity contribution in [3.63, 3.8) is 0 Å². The van der Waals surface area contributed by atoms with Gasteiger partial charge in [-0.05, 0) is 31.5 Å². The largest absolute Gasteiger partial charge is 0.313 e. The van der Waals surface area contributed by atoms with Gasteiger partial charge in [0.25, 0.3) is 5.91 Å². The Morgan fingerprint density at radius 1 is 1.09 bits per heavy atom. The zero-order valence-corrected chi connectivity index (χ0v) is 13.8. The summed E-state index contributed by atoms with van der Waals surface area (Å²) in [6.45, 7) is 4.87. The summed E-state index contributed by atoms with van der Waals surface area (Å²) in [5, 5.41) is 3.30. The molecule has 0 saturated heterocycles. The van der Waals surface area contributed by atoms with E-state index in [9.17, 15) is 9.59 Å². The number of benzene rings is 1. The van der Waals surface area contributed by atoms with E-state index in [0.29, 0.717) is 24.2 Å². The van der Waals surface area contributed by atoms with Crippen LogP contribution >= 0.6 is 0 Å². The lowest BCUT2D eigenvalue weighted by Gasteiger charge is -2.40. The predicted molar refractivity (Wildman–Crippen MR) is 89.3 cm³/mol. The fraction of sp³-hybridized carbons (Fsp3) is 0.556. The number of rotatable bonds is 7. The van der Waals surface area contributed by atoms with Crippen LogP contribution < -0.4 is 10.2 Å². The lowest BCUT2D eigenvalue weighted by atomic mass is 9.79. The first kappa shape index (κ1) is 16.7. The molecule has 22 heavy (non-hydrogen) atoms. The normalized spacial score (nSPS) is 21.1. The number of carbonyl (C=O) groups excluding carboxylic acids is 2. The third-order valence-corrected chi connectivity index (χ3v) is 4.43. The number of para-hydroxylation sites is 1. The van der Waals surface area contributed by atoms with Gasteiger partial charge in [0.15, 0.2) is 11.3 Å². The number of hydrogen-bond acceptors (Lipinski definition) is 3. The van der Waals surface area contributed by atoms with E-state index < -0.39 is 5.54 Å². The molecule has 0 aromatic heterocycles. The number of nitrogens with zero attached hydrogens (tertiary/aromatic N) is 1. The van der Waals surface area contributed by atoms with Crippen LogP contribution in [0.15, 0.2) is 24.3 Å². The van der Waals surface area contributed by atoms with E-state index in [-0.39, 0.29) is 11.7 Å². The Morgan fingerprint density at radius 2 is 1.77 bits per heavy atom. The van der Waals surface area contributed by atoms with Gasteiger partial charge in [-0.2, -0.15) is 0 Å². The SMILES string of the molecule is CCCCNC1(CCCC)C(=O)c2ccccc2N(C)C1=O. The molecule has 1 aromatic carbocycles. The number of ketones is 1. The minimum atomic E-state index is -1.09. The van der Waals surface area contributed by atoms with Crippen LogP contribution in [0.5, 0.6) is 0 Å². The summed E-state index contributed by atoms with van der Waals surface area (Å²) >= 11 is 0. The van der Waals surface area contributed by atoms with Crippen molar-refractivity contribution >= 4 is 17.4 Å². The van der Waals surface area contributed by atoms with Gasteiger partial charge in [0.1, 0.15) is 0 Å². The average Bonchev–Trinajstić information content (AvgIpc) is 2.55. The van der Waals surface area contributed by atoms with Gasteiger partial charge in [-0.15, -0.1) is 0 Å². The molecule has 4 heteroatoms. The van der Waals surface area contributed by atoms with E-state index in [1.165, 1.54) is 0 Å². The van der Waals surface area contributed by atoms with Gasteiger partial charge in [-0.25, -0.2) is 0 Å². The Bertz CT molecular complexity index is 556. The molecule has 120 valence electrons. The van der Waals surface area contributed by atoms with Crippen molar-refractivity contribution < 1.29 is 9.59 Å². The summed E-state index contributed by atoms with van der Waals surface area (Å²) in [5.74, 6) is -0.198. The molecule has 0 spiro atoms. The maximum Gasteiger partial charge on any atom is 0.255 e. The molecule has 0 aliphatic carbocycles. The standard InChI is InChI=1S/C18H26N2O2/c1-4-6-12-18(19-13-7-5-2)16(21)14-10-8-9-11-15(14)20(3)17(18)22/h8-11,19H,4-7,12-13H2,1-3H3. The summed E-state index contributed by atoms with van der Waals surface area (Å²) in [6.07, 6.45) is 4.37. The van der Waals surface area contributed by atoms with Crippen LogP contribution in [0.4, 0.5) is 5.69 Å². The highest BCUT2D eigenvalue weighted by Crippen LogP contribution is 2.34. The van der Waals surface area contributed by atoms with Crippen molar-refractivity contribution in [3.8, 4) is 0 Å². The van der Waals surface area contributed by atoms with Crippen LogP contribution in [0.25, 0.3) is 0 Å². The summed E-state index contributed by atoms with van der Waals surface area (Å²) < 4.78 is 0. The van der Waals surface area contributed by atoms with Gasteiger partial charge in [0.2, 0.25) is 0 Å². The lowest BCUT2D eigenvalue weighted by Crippen LogP contribution is -2.65. The summed E-state index contributed by atoms with van der Waals surface area (Å²) in [4.78, 5) is 27.7. The van der Waals surface area contributed by atoms with Gasteiger partial charge in [0, 0.05) is 12.6 Å². The van der Waals surface area contributed by atoms with Crippen LogP contribution in [0, 0.1) is 0 Å². The van der Waals surface area contributed by atoms with Crippen molar-refractivity contribution in [1.82, 2.24) is 5.32 Å². The number of hydrogen-bond donors (Lipinski definition) is 1. The zero-order valence-electron chi connectivity index (χ0n) is 13.8. The number of unbranched alkanes of at least 4 members (excludes halogenated alkanes) is 2. The molecule has 0 radical (unpaired) electrons. The van der Waals surface area contributed by atoms with E-state index in [2.05, 4.69) is 19.2 Å². The first-order valence-corrected chi connectivity index (χ1v) is 8.25. The molecule has 1 unspecified atom stereocenters. The van der Waals surface area contributed by atoms with Gasteiger partial charge in [-0.3, -0.25) is 14.9 Å². The van der Waals surface area contributed by atoms with Crippen LogP contribution in [0.2, 0.25) is 0 Å². The first-order chi connectivity index (χ1) is 10.6. The van der Waals surface area contributed by atoms with Gasteiger partial charge >= 0.3 is 0 Å². The van der Waals surface area contributed by atoms with Crippen LogP contribution in [-0.4, -0.2) is 30.8 Å². The Hall–Kier alpha value is -1.68. The van der Waals surface area contributed by atoms with Crippen molar-refractivity contribution in [3.05, 3.63) is 29.8 Å². The average molecular weight is 302 g/mol. The molecule has 1 heterocycles. The zero-order chi connectivity index (χ0) is 16.2. The number of carbonyl (C=O) groups is 2. The maximum atomic E-state index is 13.1. The minimum Gasteiger partial charge on any atom is -0.313 e. The first-order valence-electron chi connectivity index (χ1n) is 8.25. The number of amides is 1. The Kier molecular flexibility index (Phi) is 5.35. The van der Waals surface area contributed by atoms with Crippen molar-refractivity contribution in [1.29, 1.82) is 0 Å². The Labute approximate surface area is 132 Å². The molecular formula is C18H26N2O2. The molecule has 4 nitrogen and oxygen atoms in total. The molecular weight excluding hydrogens is 276 g/mol. The Balaban J connectivity index is 2.42. The number of Topliss-reactive ketones (excluding diaryl/α,β-unsaturated/α-hetero) is 1. The van der Waals surface area contributed by atoms with E-state index in [4.69, 9.17) is 0 Å². The summed E-state index contributed by atoms with van der Waals surface area (Å²) in [5.41, 5.74) is 0.264. The lowest BCUT2D eigenvalue weighted by molar-refractivity contribution is -0.123. The third kappa shape index (κ3) is 2.80. The molecule has 0 bridgehead atoms. The van der Waals surface area contributed by atoms with Crippen molar-refractivity contribution in [2.45, 2.75) is 51.5 Å². The van der Waals surface area contributed by atoms with E-state index in [1.54, 1.807) is 11.9 Å². The summed E-state index contributed by atoms with van der Waals surface area (Å²) in [7, 11) is 1.76. The molecule has 0 saturated carbocycles. The molecule has 1 amide bonds.